The zero-order valence-electron chi connectivity index (χ0n) is 3.27. The van der Waals surface area contributed by atoms with Crippen LogP contribution in [0.25, 0.3) is 0 Å². The molecule has 0 aromatic rings. The van der Waals surface area contributed by atoms with Gasteiger partial charge in [-0.1, -0.05) is 17.7 Å². The quantitative estimate of drug-likeness (QED) is 0.346. The lowest BCUT2D eigenvalue weighted by molar-refractivity contribution is 1.98. The second-order valence-electron chi connectivity index (χ2n) is 0.611. The van der Waals surface area contributed by atoms with Crippen LogP contribution in [0.3, 0.4) is 0 Å². The molecule has 0 aliphatic carbocycles. The third-order valence-corrected chi connectivity index (χ3v) is 0.717. The first-order valence-corrected chi connectivity index (χ1v) is 2.41. The Morgan fingerprint density at radius 1 is 1.50 bits per heavy atom. The van der Waals surface area contributed by atoms with Gasteiger partial charge in [0.15, 0.2) is 0 Å². The maximum Gasteiger partial charge on any atom is 0.0668 e. The largest absolute Gasteiger partial charge is 0.119 e. The van der Waals surface area contributed by atoms with E-state index < -0.39 is 0 Å². The molecule has 0 fully saturated rings. The molecule has 0 aromatic heterocycles. The van der Waals surface area contributed by atoms with E-state index in [0.29, 0.717) is 5.75 Å². The van der Waals surface area contributed by atoms with Crippen molar-refractivity contribution in [2.45, 2.75) is 0 Å². The molecule has 1 heteroatoms. The summed E-state index contributed by atoms with van der Waals surface area (Å²) in [4.78, 5) is 0. The first-order chi connectivity index (χ1) is 2.91. The van der Waals surface area contributed by atoms with Gasteiger partial charge in [0.25, 0.3) is 0 Å². The predicted molar refractivity (Wildman–Crippen MR) is 30.1 cm³/mol. The monoisotopic (exact) mass is 96.0 g/mol. The van der Waals surface area contributed by atoms with Gasteiger partial charge in [-0.05, 0) is 5.25 Å². The fourth-order valence-electron chi connectivity index (χ4n) is 0.0833. The molecule has 0 unspecified atom stereocenters. The molecule has 0 heterocycles. The van der Waals surface area contributed by atoms with Gasteiger partial charge in [-0.3, -0.25) is 0 Å². The number of hydrogen-bond acceptors (Lipinski definition) is 1. The Morgan fingerprint density at radius 2 is 2.17 bits per heavy atom. The number of hydrogen-bond donors (Lipinski definition) is 0. The van der Waals surface area contributed by atoms with Crippen molar-refractivity contribution < 1.29 is 0 Å². The Hall–Kier alpha value is -0.530. The molecule has 6 heavy (non-hydrogen) atoms. The molecule has 0 nitrogen and oxygen atoms in total. The average molecular weight is 96.2 g/mol. The fourth-order valence-corrected chi connectivity index (χ4v) is 0.250. The van der Waals surface area contributed by atoms with Gasteiger partial charge in [0.05, 0.1) is 5.75 Å². The van der Waals surface area contributed by atoms with Crippen LogP contribution in [0, 0.1) is 24.0 Å². The van der Waals surface area contributed by atoms with E-state index in [-0.39, 0.29) is 0 Å². The van der Waals surface area contributed by atoms with Gasteiger partial charge in [0.2, 0.25) is 0 Å². The highest BCUT2D eigenvalue weighted by Gasteiger charge is 1.66. The molecule has 0 amide bonds. The average Bonchev–Trinajstić information content (AvgIpc) is 1.61. The van der Waals surface area contributed by atoms with Crippen molar-refractivity contribution in [2.24, 2.45) is 0 Å². The van der Waals surface area contributed by atoms with Crippen molar-refractivity contribution in [3.05, 3.63) is 0 Å². The number of rotatable bonds is 1. The lowest BCUT2D eigenvalue weighted by atomic mass is 10.8. The standard InChI is InChI=1S/C5H4S/c1-3-5-6-4-2/h1-2H,5H2. The van der Waals surface area contributed by atoms with E-state index in [2.05, 4.69) is 11.2 Å². The summed E-state index contributed by atoms with van der Waals surface area (Å²) < 4.78 is 0. The molecule has 0 atom stereocenters. The van der Waals surface area contributed by atoms with Crippen LogP contribution >= 0.6 is 11.8 Å². The number of thioether (sulfide) groups is 1. The highest BCUT2D eigenvalue weighted by molar-refractivity contribution is 8.04. The third kappa shape index (κ3) is 3.47. The highest BCUT2D eigenvalue weighted by atomic mass is 32.2. The van der Waals surface area contributed by atoms with Crippen molar-refractivity contribution in [3.8, 4) is 24.0 Å². The minimum atomic E-state index is 0.622. The SMILES string of the molecule is C#CCSC#C. The van der Waals surface area contributed by atoms with Crippen molar-refractivity contribution in [1.29, 1.82) is 0 Å². The smallest absolute Gasteiger partial charge is 0.0668 e. The Kier molecular flexibility index (Phi) is 4.08. The van der Waals surface area contributed by atoms with E-state index >= 15 is 0 Å². The van der Waals surface area contributed by atoms with Gasteiger partial charge >= 0.3 is 0 Å². The van der Waals surface area contributed by atoms with Gasteiger partial charge in [-0.15, -0.1) is 12.8 Å². The Bertz CT molecular complexity index is 77.5. The van der Waals surface area contributed by atoms with E-state index in [4.69, 9.17) is 12.8 Å². The van der Waals surface area contributed by atoms with Crippen LogP contribution < -0.4 is 0 Å². The Labute approximate surface area is 42.3 Å². The van der Waals surface area contributed by atoms with Crippen LogP contribution in [-0.4, -0.2) is 5.75 Å². The molecule has 0 aromatic carbocycles. The van der Waals surface area contributed by atoms with Gasteiger partial charge in [-0.2, -0.15) is 0 Å². The molecule has 0 N–H and O–H groups in total. The summed E-state index contributed by atoms with van der Waals surface area (Å²) in [6, 6.07) is 0. The van der Waals surface area contributed by atoms with Crippen molar-refractivity contribution in [2.75, 3.05) is 5.75 Å². The summed E-state index contributed by atoms with van der Waals surface area (Å²) >= 11 is 1.30. The fraction of sp³-hybridized carbons (Fsp3) is 0.200. The van der Waals surface area contributed by atoms with Gasteiger partial charge in [0, 0.05) is 0 Å². The van der Waals surface area contributed by atoms with Gasteiger partial charge in [0.1, 0.15) is 0 Å². The molecule has 0 radical (unpaired) electrons. The molecule has 0 rings (SSSR count). The Morgan fingerprint density at radius 3 is 2.33 bits per heavy atom. The second-order valence-corrected chi connectivity index (χ2v) is 1.42. The molecule has 0 saturated carbocycles. The molecule has 0 aliphatic heterocycles. The van der Waals surface area contributed by atoms with Crippen molar-refractivity contribution in [3.63, 3.8) is 0 Å². The zero-order chi connectivity index (χ0) is 4.83. The molecular formula is C5H4S. The lowest BCUT2D eigenvalue weighted by Crippen LogP contribution is -1.59. The maximum absolute atomic E-state index is 4.85. The topological polar surface area (TPSA) is 0 Å². The first kappa shape index (κ1) is 5.47. The molecule has 0 bridgehead atoms. The van der Waals surface area contributed by atoms with E-state index in [1.807, 2.05) is 0 Å². The van der Waals surface area contributed by atoms with E-state index in [0.717, 1.165) is 0 Å². The summed E-state index contributed by atoms with van der Waals surface area (Å²) in [5, 5.41) is 2.34. The molecule has 0 saturated heterocycles. The maximum atomic E-state index is 4.85. The number of terminal acetylenes is 2. The van der Waals surface area contributed by atoms with Crippen LogP contribution in [0.2, 0.25) is 0 Å². The van der Waals surface area contributed by atoms with E-state index in [1.165, 1.54) is 11.8 Å². The third-order valence-electron chi connectivity index (χ3n) is 0.239. The van der Waals surface area contributed by atoms with Crippen LogP contribution in [0.15, 0.2) is 0 Å². The summed E-state index contributed by atoms with van der Waals surface area (Å²) in [6.07, 6.45) is 9.68. The van der Waals surface area contributed by atoms with Crippen LogP contribution in [-0.2, 0) is 0 Å². The summed E-state index contributed by atoms with van der Waals surface area (Å²) in [5.41, 5.74) is 0. The van der Waals surface area contributed by atoms with Gasteiger partial charge in [-0.25, -0.2) is 0 Å². The molecule has 30 valence electrons. The van der Waals surface area contributed by atoms with Gasteiger partial charge < -0.3 is 0 Å². The minimum absolute atomic E-state index is 0.622. The minimum Gasteiger partial charge on any atom is -0.119 e. The van der Waals surface area contributed by atoms with Crippen molar-refractivity contribution >= 4 is 11.8 Å². The lowest BCUT2D eigenvalue weighted by Gasteiger charge is -1.70. The normalized spacial score (nSPS) is 5.67. The Balaban J connectivity index is 2.78. The summed E-state index contributed by atoms with van der Waals surface area (Å²) in [5.74, 6) is 3.01. The predicted octanol–water partition coefficient (Wildman–Crippen LogP) is 0.944. The molecule has 0 aliphatic rings. The summed E-state index contributed by atoms with van der Waals surface area (Å²) in [7, 11) is 0. The van der Waals surface area contributed by atoms with Crippen LogP contribution in [0.5, 0.6) is 0 Å². The van der Waals surface area contributed by atoms with Crippen molar-refractivity contribution in [1.82, 2.24) is 0 Å². The van der Waals surface area contributed by atoms with Crippen LogP contribution in [0.4, 0.5) is 0 Å². The van der Waals surface area contributed by atoms with E-state index in [9.17, 15) is 0 Å². The van der Waals surface area contributed by atoms with Crippen LogP contribution in [0.1, 0.15) is 0 Å². The molecule has 0 spiro atoms. The van der Waals surface area contributed by atoms with E-state index in [1.54, 1.807) is 0 Å². The second kappa shape index (κ2) is 4.47. The molecular weight excluding hydrogens is 92.1 g/mol. The summed E-state index contributed by atoms with van der Waals surface area (Å²) in [6.45, 7) is 0. The highest BCUT2D eigenvalue weighted by Crippen LogP contribution is 1.89. The first-order valence-electron chi connectivity index (χ1n) is 1.42. The zero-order valence-corrected chi connectivity index (χ0v) is 4.09.